The summed E-state index contributed by atoms with van der Waals surface area (Å²) >= 11 is 0. The zero-order valence-corrected chi connectivity index (χ0v) is 8.99. The molecule has 0 radical (unpaired) electrons. The third-order valence-electron chi connectivity index (χ3n) is 3.46. The van der Waals surface area contributed by atoms with Crippen molar-refractivity contribution in [2.24, 2.45) is 5.41 Å². The summed E-state index contributed by atoms with van der Waals surface area (Å²) in [6.45, 7) is 1.90. The summed E-state index contributed by atoms with van der Waals surface area (Å²) in [5.74, 6) is -0.181. The van der Waals surface area contributed by atoms with E-state index < -0.39 is 18.0 Å². The largest absolute Gasteiger partial charge is 0.389 e. The van der Waals surface area contributed by atoms with E-state index in [1.807, 2.05) is 6.92 Å². The van der Waals surface area contributed by atoms with Gasteiger partial charge in [0.25, 0.3) is 0 Å². The number of alkyl halides is 3. The molecule has 0 aliphatic heterocycles. The van der Waals surface area contributed by atoms with Crippen LogP contribution < -0.4 is 0 Å². The van der Waals surface area contributed by atoms with Gasteiger partial charge in [-0.15, -0.1) is 0 Å². The zero-order valence-electron chi connectivity index (χ0n) is 8.99. The predicted molar refractivity (Wildman–Crippen MR) is 51.5 cm³/mol. The summed E-state index contributed by atoms with van der Waals surface area (Å²) in [6.07, 6.45) is -1.31. The van der Waals surface area contributed by atoms with Crippen LogP contribution in [-0.4, -0.2) is 12.0 Å². The van der Waals surface area contributed by atoms with E-state index in [1.165, 1.54) is 0 Å². The lowest BCUT2D eigenvalue weighted by Crippen LogP contribution is -2.28. The van der Waals surface area contributed by atoms with Crippen LogP contribution in [0.15, 0.2) is 0 Å². The first-order valence-corrected chi connectivity index (χ1v) is 5.50. The van der Waals surface area contributed by atoms with Crippen molar-refractivity contribution in [3.8, 4) is 0 Å². The number of Topliss-reactive ketones (excluding diaryl/α,β-unsaturated/α-hetero) is 1. The molecule has 0 aromatic heterocycles. The summed E-state index contributed by atoms with van der Waals surface area (Å²) in [4.78, 5) is 11.7. The average molecular weight is 222 g/mol. The highest BCUT2D eigenvalue weighted by Crippen LogP contribution is 2.43. The highest BCUT2D eigenvalue weighted by atomic mass is 19.4. The highest BCUT2D eigenvalue weighted by molar-refractivity contribution is 5.85. The van der Waals surface area contributed by atoms with E-state index in [0.29, 0.717) is 6.42 Å². The molecule has 0 spiro atoms. The van der Waals surface area contributed by atoms with Gasteiger partial charge in [-0.3, -0.25) is 4.79 Å². The SMILES string of the molecule is CCC1(C(=O)CCC(F)(F)F)CCCC1. The van der Waals surface area contributed by atoms with Crippen LogP contribution in [0.5, 0.6) is 0 Å². The van der Waals surface area contributed by atoms with E-state index in [-0.39, 0.29) is 12.2 Å². The maximum absolute atomic E-state index is 12.0. The highest BCUT2D eigenvalue weighted by Gasteiger charge is 2.40. The molecule has 0 amide bonds. The Morgan fingerprint density at radius 2 is 1.80 bits per heavy atom. The first-order chi connectivity index (χ1) is 6.90. The molecule has 1 aliphatic rings. The van der Waals surface area contributed by atoms with Gasteiger partial charge in [0.2, 0.25) is 0 Å². The molecule has 0 aromatic carbocycles. The summed E-state index contributed by atoms with van der Waals surface area (Å²) in [7, 11) is 0. The molecule has 0 bridgehead atoms. The third-order valence-corrected chi connectivity index (χ3v) is 3.46. The Bertz CT molecular complexity index is 226. The number of carbonyl (C=O) groups excluding carboxylic acids is 1. The summed E-state index contributed by atoms with van der Waals surface area (Å²) in [5.41, 5.74) is -0.425. The molecule has 0 N–H and O–H groups in total. The van der Waals surface area contributed by atoms with E-state index in [4.69, 9.17) is 0 Å². The van der Waals surface area contributed by atoms with Crippen molar-refractivity contribution >= 4 is 5.78 Å². The minimum atomic E-state index is -4.21. The van der Waals surface area contributed by atoms with Crippen molar-refractivity contribution in [2.75, 3.05) is 0 Å². The molecule has 0 unspecified atom stereocenters. The maximum Gasteiger partial charge on any atom is 0.389 e. The molecule has 1 aliphatic carbocycles. The monoisotopic (exact) mass is 222 g/mol. The molecule has 1 rings (SSSR count). The van der Waals surface area contributed by atoms with Crippen molar-refractivity contribution in [3.05, 3.63) is 0 Å². The molecular formula is C11H17F3O. The van der Waals surface area contributed by atoms with E-state index in [2.05, 4.69) is 0 Å². The van der Waals surface area contributed by atoms with E-state index in [1.54, 1.807) is 0 Å². The van der Waals surface area contributed by atoms with Crippen molar-refractivity contribution in [2.45, 2.75) is 58.0 Å². The topological polar surface area (TPSA) is 17.1 Å². The number of ketones is 1. The first kappa shape index (κ1) is 12.5. The Balaban J connectivity index is 2.51. The normalized spacial score (nSPS) is 20.5. The van der Waals surface area contributed by atoms with Gasteiger partial charge in [-0.05, 0) is 19.3 Å². The molecule has 0 heterocycles. The molecule has 0 aromatic rings. The average Bonchev–Trinajstić information content (AvgIpc) is 2.62. The number of carbonyl (C=O) groups is 1. The third kappa shape index (κ3) is 3.21. The van der Waals surface area contributed by atoms with Crippen LogP contribution in [0.2, 0.25) is 0 Å². The summed E-state index contributed by atoms with van der Waals surface area (Å²) in [5, 5.41) is 0. The quantitative estimate of drug-likeness (QED) is 0.705. The second-order valence-electron chi connectivity index (χ2n) is 4.38. The van der Waals surface area contributed by atoms with Crippen LogP contribution in [-0.2, 0) is 4.79 Å². The molecule has 0 saturated heterocycles. The predicted octanol–water partition coefficient (Wildman–Crippen LogP) is 3.87. The Hall–Kier alpha value is -0.540. The fourth-order valence-corrected chi connectivity index (χ4v) is 2.40. The molecule has 1 saturated carbocycles. The summed E-state index contributed by atoms with van der Waals surface area (Å²) < 4.78 is 35.9. The van der Waals surface area contributed by atoms with Gasteiger partial charge < -0.3 is 0 Å². The van der Waals surface area contributed by atoms with Gasteiger partial charge in [-0.2, -0.15) is 13.2 Å². The molecule has 4 heteroatoms. The van der Waals surface area contributed by atoms with Crippen LogP contribution in [0.3, 0.4) is 0 Å². The van der Waals surface area contributed by atoms with Gasteiger partial charge in [0.1, 0.15) is 5.78 Å². The fraction of sp³-hybridized carbons (Fsp3) is 0.909. The van der Waals surface area contributed by atoms with E-state index in [0.717, 1.165) is 25.7 Å². The van der Waals surface area contributed by atoms with Crippen LogP contribution in [0.4, 0.5) is 13.2 Å². The second kappa shape index (κ2) is 4.54. The standard InChI is InChI=1S/C11H17F3O/c1-2-10(6-3-4-7-10)9(15)5-8-11(12,13)14/h2-8H2,1H3. The van der Waals surface area contributed by atoms with Crippen molar-refractivity contribution in [3.63, 3.8) is 0 Å². The lowest BCUT2D eigenvalue weighted by atomic mass is 9.77. The number of hydrogen-bond donors (Lipinski definition) is 0. The van der Waals surface area contributed by atoms with Gasteiger partial charge in [-0.25, -0.2) is 0 Å². The van der Waals surface area contributed by atoms with Crippen molar-refractivity contribution in [1.29, 1.82) is 0 Å². The van der Waals surface area contributed by atoms with Crippen molar-refractivity contribution in [1.82, 2.24) is 0 Å². The first-order valence-electron chi connectivity index (χ1n) is 5.50. The maximum atomic E-state index is 12.0. The number of halogens is 3. The van der Waals surface area contributed by atoms with Gasteiger partial charge in [0.15, 0.2) is 0 Å². The Morgan fingerprint density at radius 1 is 1.27 bits per heavy atom. The minimum Gasteiger partial charge on any atom is -0.299 e. The molecule has 1 nitrogen and oxygen atoms in total. The second-order valence-corrected chi connectivity index (χ2v) is 4.38. The van der Waals surface area contributed by atoms with Crippen LogP contribution in [0, 0.1) is 5.41 Å². The van der Waals surface area contributed by atoms with Crippen LogP contribution >= 0.6 is 0 Å². The van der Waals surface area contributed by atoms with Gasteiger partial charge >= 0.3 is 6.18 Å². The Kier molecular flexibility index (Phi) is 3.79. The molecule has 1 fully saturated rings. The van der Waals surface area contributed by atoms with Gasteiger partial charge in [0, 0.05) is 11.8 Å². The molecule has 88 valence electrons. The van der Waals surface area contributed by atoms with Crippen LogP contribution in [0.1, 0.15) is 51.9 Å². The smallest absolute Gasteiger partial charge is 0.299 e. The summed E-state index contributed by atoms with van der Waals surface area (Å²) in [6, 6.07) is 0. The lowest BCUT2D eigenvalue weighted by Gasteiger charge is -2.25. The van der Waals surface area contributed by atoms with Crippen molar-refractivity contribution < 1.29 is 18.0 Å². The Morgan fingerprint density at radius 3 is 2.20 bits per heavy atom. The van der Waals surface area contributed by atoms with Gasteiger partial charge in [-0.1, -0.05) is 19.8 Å². The molecular weight excluding hydrogens is 205 g/mol. The van der Waals surface area contributed by atoms with Gasteiger partial charge in [0.05, 0.1) is 6.42 Å². The van der Waals surface area contributed by atoms with E-state index >= 15 is 0 Å². The minimum absolute atomic E-state index is 0.181. The Labute approximate surface area is 88.0 Å². The number of hydrogen-bond acceptors (Lipinski definition) is 1. The zero-order chi connectivity index (χ0) is 11.5. The molecule has 15 heavy (non-hydrogen) atoms. The number of rotatable bonds is 4. The van der Waals surface area contributed by atoms with E-state index in [9.17, 15) is 18.0 Å². The van der Waals surface area contributed by atoms with Crippen LogP contribution in [0.25, 0.3) is 0 Å². The molecule has 0 atom stereocenters. The fourth-order valence-electron chi connectivity index (χ4n) is 2.40. The lowest BCUT2D eigenvalue weighted by molar-refractivity contribution is -0.147.